The van der Waals surface area contributed by atoms with Crippen molar-refractivity contribution in [3.05, 3.63) is 23.2 Å². The first-order valence-electron chi connectivity index (χ1n) is 6.86. The highest BCUT2D eigenvalue weighted by molar-refractivity contribution is 6.33. The van der Waals surface area contributed by atoms with E-state index < -0.39 is 0 Å². The molecule has 1 atom stereocenters. The Labute approximate surface area is 129 Å². The van der Waals surface area contributed by atoms with Crippen LogP contribution in [-0.2, 0) is 0 Å². The summed E-state index contributed by atoms with van der Waals surface area (Å²) < 4.78 is 0. The molecule has 21 heavy (non-hydrogen) atoms. The van der Waals surface area contributed by atoms with Gasteiger partial charge in [-0.3, -0.25) is 5.43 Å². The number of hydrazone groups is 1. The van der Waals surface area contributed by atoms with Crippen LogP contribution in [0.4, 0.5) is 11.4 Å². The minimum atomic E-state index is -0.222. The van der Waals surface area contributed by atoms with Gasteiger partial charge in [-0.2, -0.15) is 15.6 Å². The second-order valence-electron chi connectivity index (χ2n) is 5.00. The zero-order chi connectivity index (χ0) is 15.2. The molecule has 0 bridgehead atoms. The molecule has 1 N–H and O–H groups in total. The smallest absolute Gasteiger partial charge is 0.237 e. The molecule has 0 radical (unpaired) electrons. The van der Waals surface area contributed by atoms with Crippen LogP contribution in [-0.4, -0.2) is 18.3 Å². The minimum Gasteiger partial charge on any atom is -0.368 e. The van der Waals surface area contributed by atoms with E-state index in [0.717, 1.165) is 12.2 Å². The number of nitriles is 2. The number of nitrogens with zero attached hydrogens (tertiary/aromatic N) is 4. The normalized spacial score (nSPS) is 17.5. The van der Waals surface area contributed by atoms with Crippen molar-refractivity contribution in [1.82, 2.24) is 0 Å². The van der Waals surface area contributed by atoms with Crippen molar-refractivity contribution in [3.63, 3.8) is 0 Å². The van der Waals surface area contributed by atoms with Gasteiger partial charge >= 0.3 is 0 Å². The van der Waals surface area contributed by atoms with E-state index in [9.17, 15) is 0 Å². The molecule has 5 nitrogen and oxygen atoms in total. The summed E-state index contributed by atoms with van der Waals surface area (Å²) in [6.07, 6.45) is 3.61. The zero-order valence-electron chi connectivity index (χ0n) is 11.8. The maximum atomic E-state index is 8.63. The molecule has 0 saturated carbocycles. The predicted molar refractivity (Wildman–Crippen MR) is 84.4 cm³/mol. The number of nitrogens with one attached hydrogen (secondary N) is 1. The van der Waals surface area contributed by atoms with E-state index in [1.54, 1.807) is 18.2 Å². The summed E-state index contributed by atoms with van der Waals surface area (Å²) in [7, 11) is 0. The van der Waals surface area contributed by atoms with Gasteiger partial charge in [0.1, 0.15) is 12.1 Å². The molecule has 6 heteroatoms. The summed E-state index contributed by atoms with van der Waals surface area (Å²) in [6.45, 7) is 3.22. The summed E-state index contributed by atoms with van der Waals surface area (Å²) in [6, 6.07) is 9.41. The molecule has 1 aromatic rings. The summed E-state index contributed by atoms with van der Waals surface area (Å²) >= 11 is 6.35. The van der Waals surface area contributed by atoms with Gasteiger partial charge in [-0.05, 0) is 44.4 Å². The van der Waals surface area contributed by atoms with Crippen molar-refractivity contribution >= 4 is 28.7 Å². The lowest BCUT2D eigenvalue weighted by atomic mass is 10.0. The number of hydrogen-bond donors (Lipinski definition) is 1. The topological polar surface area (TPSA) is 75.2 Å². The Morgan fingerprint density at radius 1 is 1.38 bits per heavy atom. The molecule has 0 amide bonds. The maximum Gasteiger partial charge on any atom is 0.237 e. The van der Waals surface area contributed by atoms with Crippen molar-refractivity contribution in [2.24, 2.45) is 5.10 Å². The SMILES string of the molecule is CC1CCCCN1c1ccc(NN=C(C#N)C#N)cc1Cl. The van der Waals surface area contributed by atoms with Crippen molar-refractivity contribution in [2.45, 2.75) is 32.2 Å². The molecule has 0 spiro atoms. The first-order chi connectivity index (χ1) is 10.2. The Balaban J connectivity index is 2.16. The number of hydrogen-bond acceptors (Lipinski definition) is 5. The third-order valence-electron chi connectivity index (χ3n) is 3.57. The van der Waals surface area contributed by atoms with E-state index in [0.29, 0.717) is 16.8 Å². The van der Waals surface area contributed by atoms with Crippen LogP contribution < -0.4 is 10.3 Å². The van der Waals surface area contributed by atoms with Crippen molar-refractivity contribution in [1.29, 1.82) is 10.5 Å². The average Bonchev–Trinajstić information content (AvgIpc) is 2.49. The van der Waals surface area contributed by atoms with Gasteiger partial charge in [0.2, 0.25) is 5.71 Å². The maximum absolute atomic E-state index is 8.63. The lowest BCUT2D eigenvalue weighted by molar-refractivity contribution is 0.485. The van der Waals surface area contributed by atoms with Crippen molar-refractivity contribution in [3.8, 4) is 12.1 Å². The Hall–Kier alpha value is -2.24. The summed E-state index contributed by atoms with van der Waals surface area (Å²) in [4.78, 5) is 2.31. The Kier molecular flexibility index (Phi) is 5.03. The van der Waals surface area contributed by atoms with Crippen LogP contribution in [0.15, 0.2) is 23.3 Å². The number of rotatable bonds is 3. The molecule has 2 rings (SSSR count). The fourth-order valence-electron chi connectivity index (χ4n) is 2.46. The fraction of sp³-hybridized carbons (Fsp3) is 0.400. The molecule has 1 heterocycles. The number of benzene rings is 1. The van der Waals surface area contributed by atoms with E-state index in [4.69, 9.17) is 22.1 Å². The third-order valence-corrected chi connectivity index (χ3v) is 3.87. The van der Waals surface area contributed by atoms with Gasteiger partial charge in [0, 0.05) is 12.6 Å². The van der Waals surface area contributed by atoms with Crippen LogP contribution in [0.2, 0.25) is 5.02 Å². The lowest BCUT2D eigenvalue weighted by Gasteiger charge is -2.36. The highest BCUT2D eigenvalue weighted by Gasteiger charge is 2.20. The molecule has 1 saturated heterocycles. The molecular weight excluding hydrogens is 286 g/mol. The van der Waals surface area contributed by atoms with Crippen molar-refractivity contribution < 1.29 is 0 Å². The Morgan fingerprint density at radius 2 is 2.14 bits per heavy atom. The van der Waals surface area contributed by atoms with Gasteiger partial charge in [-0.25, -0.2) is 0 Å². The highest BCUT2D eigenvalue weighted by atomic mass is 35.5. The van der Waals surface area contributed by atoms with E-state index in [2.05, 4.69) is 22.4 Å². The molecule has 108 valence electrons. The van der Waals surface area contributed by atoms with E-state index in [-0.39, 0.29) is 5.71 Å². The monoisotopic (exact) mass is 301 g/mol. The van der Waals surface area contributed by atoms with Crippen LogP contribution in [0.25, 0.3) is 0 Å². The van der Waals surface area contributed by atoms with Crippen molar-refractivity contribution in [2.75, 3.05) is 16.9 Å². The van der Waals surface area contributed by atoms with Gasteiger partial charge in [0.05, 0.1) is 16.4 Å². The Bertz CT molecular complexity index is 610. The minimum absolute atomic E-state index is 0.222. The fourth-order valence-corrected chi connectivity index (χ4v) is 2.75. The zero-order valence-corrected chi connectivity index (χ0v) is 12.6. The van der Waals surface area contributed by atoms with Crippen LogP contribution in [0.5, 0.6) is 0 Å². The first kappa shape index (κ1) is 15.2. The largest absolute Gasteiger partial charge is 0.368 e. The van der Waals surface area contributed by atoms with Gasteiger partial charge in [-0.15, -0.1) is 0 Å². The van der Waals surface area contributed by atoms with Gasteiger partial charge in [0.25, 0.3) is 0 Å². The average molecular weight is 302 g/mol. The van der Waals surface area contributed by atoms with Crippen LogP contribution in [0, 0.1) is 22.7 Å². The lowest BCUT2D eigenvalue weighted by Crippen LogP contribution is -2.37. The molecular formula is C15H16ClN5. The molecule has 1 aliphatic rings. The predicted octanol–water partition coefficient (Wildman–Crippen LogP) is 3.53. The van der Waals surface area contributed by atoms with E-state index >= 15 is 0 Å². The van der Waals surface area contributed by atoms with Gasteiger partial charge in [0.15, 0.2) is 0 Å². The van der Waals surface area contributed by atoms with E-state index in [1.165, 1.54) is 19.3 Å². The molecule has 0 aromatic heterocycles. The Morgan fingerprint density at radius 3 is 2.76 bits per heavy atom. The molecule has 1 aliphatic heterocycles. The van der Waals surface area contributed by atoms with E-state index in [1.807, 2.05) is 12.1 Å². The molecule has 1 fully saturated rings. The second-order valence-corrected chi connectivity index (χ2v) is 5.41. The summed E-state index contributed by atoms with van der Waals surface area (Å²) in [5.74, 6) is 0. The number of piperidine rings is 1. The number of halogens is 1. The van der Waals surface area contributed by atoms with Crippen LogP contribution in [0.1, 0.15) is 26.2 Å². The molecule has 0 aliphatic carbocycles. The number of anilines is 2. The standard InChI is InChI=1S/C15H16ClN5/c1-11-4-2-3-7-21(11)15-6-5-12(8-14(15)16)19-20-13(9-17)10-18/h5-6,8,11,19H,2-4,7H2,1H3. The van der Waals surface area contributed by atoms with Crippen LogP contribution >= 0.6 is 11.6 Å². The first-order valence-corrected chi connectivity index (χ1v) is 7.23. The van der Waals surface area contributed by atoms with Gasteiger partial charge in [-0.1, -0.05) is 11.6 Å². The quantitative estimate of drug-likeness (QED) is 0.684. The third kappa shape index (κ3) is 3.65. The summed E-state index contributed by atoms with van der Waals surface area (Å²) in [5, 5.41) is 21.6. The molecule has 1 aromatic carbocycles. The summed E-state index contributed by atoms with van der Waals surface area (Å²) in [5.41, 5.74) is 4.11. The second kappa shape index (κ2) is 6.97. The molecule has 1 unspecified atom stereocenters. The van der Waals surface area contributed by atoms with Gasteiger partial charge < -0.3 is 4.90 Å². The highest BCUT2D eigenvalue weighted by Crippen LogP contribution is 2.33. The van der Waals surface area contributed by atoms with Crippen LogP contribution in [0.3, 0.4) is 0 Å².